The quantitative estimate of drug-likeness (QED) is 0.543. The van der Waals surface area contributed by atoms with Gasteiger partial charge in [-0.1, -0.05) is 36.4 Å². The van der Waals surface area contributed by atoms with Crippen LogP contribution in [0.5, 0.6) is 17.2 Å². The van der Waals surface area contributed by atoms with E-state index in [2.05, 4.69) is 0 Å². The lowest BCUT2D eigenvalue weighted by Gasteiger charge is -2.11. The van der Waals surface area contributed by atoms with Crippen LogP contribution >= 0.6 is 0 Å². The van der Waals surface area contributed by atoms with Gasteiger partial charge in [0.2, 0.25) is 5.78 Å². The number of hydrogen-bond acceptors (Lipinski definition) is 4. The van der Waals surface area contributed by atoms with Gasteiger partial charge in [-0.2, -0.15) is 0 Å². The van der Waals surface area contributed by atoms with Crippen LogP contribution in [0.1, 0.15) is 32.6 Å². The maximum absolute atomic E-state index is 12.7. The van der Waals surface area contributed by atoms with Gasteiger partial charge in [0.15, 0.2) is 17.3 Å². The van der Waals surface area contributed by atoms with Gasteiger partial charge in [-0.25, -0.2) is 0 Å². The first-order chi connectivity index (χ1) is 14.0. The third kappa shape index (κ3) is 3.87. The lowest BCUT2D eigenvalue weighted by molar-refractivity contribution is 0.101. The monoisotopic (exact) mass is 386 g/mol. The van der Waals surface area contributed by atoms with E-state index in [0.717, 1.165) is 22.3 Å². The number of Topliss-reactive ketones (excluding diaryl/α,β-unsaturated/α-hetero) is 1. The smallest absolute Gasteiger partial charge is 0.231 e. The van der Waals surface area contributed by atoms with Gasteiger partial charge in [0, 0.05) is 0 Å². The van der Waals surface area contributed by atoms with Gasteiger partial charge in [0.25, 0.3) is 0 Å². The van der Waals surface area contributed by atoms with E-state index in [1.807, 2.05) is 74.5 Å². The molecule has 0 amide bonds. The molecule has 4 heteroatoms. The van der Waals surface area contributed by atoms with E-state index in [-0.39, 0.29) is 5.78 Å². The van der Waals surface area contributed by atoms with Gasteiger partial charge >= 0.3 is 0 Å². The molecule has 146 valence electrons. The molecular formula is C25H22O4. The molecule has 1 aliphatic heterocycles. The molecule has 3 aromatic rings. The molecule has 0 bridgehead atoms. The summed E-state index contributed by atoms with van der Waals surface area (Å²) in [6, 6.07) is 19.3. The van der Waals surface area contributed by atoms with Gasteiger partial charge in [-0.15, -0.1) is 0 Å². The summed E-state index contributed by atoms with van der Waals surface area (Å²) in [4.78, 5) is 12.7. The highest BCUT2D eigenvalue weighted by Crippen LogP contribution is 2.35. The maximum atomic E-state index is 12.7. The van der Waals surface area contributed by atoms with E-state index in [1.54, 1.807) is 13.2 Å². The number of rotatable bonds is 5. The molecule has 3 aromatic carbocycles. The van der Waals surface area contributed by atoms with Crippen molar-refractivity contribution in [3.8, 4) is 17.2 Å². The molecule has 0 spiro atoms. The Kier molecular flexibility index (Phi) is 5.09. The Morgan fingerprint density at radius 2 is 1.69 bits per heavy atom. The van der Waals surface area contributed by atoms with E-state index < -0.39 is 0 Å². The molecule has 0 aliphatic carbocycles. The summed E-state index contributed by atoms with van der Waals surface area (Å²) >= 11 is 0. The van der Waals surface area contributed by atoms with Crippen molar-refractivity contribution in [3.63, 3.8) is 0 Å². The zero-order chi connectivity index (χ0) is 20.4. The summed E-state index contributed by atoms with van der Waals surface area (Å²) in [5, 5.41) is 0. The number of aryl methyl sites for hydroxylation is 2. The van der Waals surface area contributed by atoms with Gasteiger partial charge in [-0.3, -0.25) is 4.79 Å². The number of ketones is 1. The average molecular weight is 386 g/mol. The summed E-state index contributed by atoms with van der Waals surface area (Å²) in [6.07, 6.45) is 1.73. The molecule has 0 radical (unpaired) electrons. The minimum Gasteiger partial charge on any atom is -0.493 e. The average Bonchev–Trinajstić information content (AvgIpc) is 3.02. The van der Waals surface area contributed by atoms with E-state index in [0.29, 0.717) is 35.2 Å². The molecule has 29 heavy (non-hydrogen) atoms. The first-order valence-electron chi connectivity index (χ1n) is 9.45. The number of fused-ring (bicyclic) bond motifs is 1. The third-order valence-corrected chi connectivity index (χ3v) is 5.01. The van der Waals surface area contributed by atoms with Crippen LogP contribution in [0.2, 0.25) is 0 Å². The summed E-state index contributed by atoms with van der Waals surface area (Å²) < 4.78 is 17.2. The van der Waals surface area contributed by atoms with E-state index in [1.165, 1.54) is 0 Å². The fraction of sp³-hybridized carbons (Fsp3) is 0.160. The molecule has 0 saturated carbocycles. The van der Waals surface area contributed by atoms with Crippen molar-refractivity contribution in [2.45, 2.75) is 20.5 Å². The minimum absolute atomic E-state index is 0.105. The fourth-order valence-electron chi connectivity index (χ4n) is 3.22. The standard InChI is InChI=1S/C25H22O4/c1-16-11-20-22(12-17(16)2)29-24(25(20)26)14-19-9-10-21(23(13-19)27-3)28-15-18-7-5-4-6-8-18/h4-14H,15H2,1-3H3/b24-14-. The zero-order valence-corrected chi connectivity index (χ0v) is 16.7. The summed E-state index contributed by atoms with van der Waals surface area (Å²) in [5.41, 5.74) is 4.66. The van der Waals surface area contributed by atoms with Gasteiger partial charge in [0.05, 0.1) is 12.7 Å². The molecule has 4 rings (SSSR count). The number of carbonyl (C=O) groups is 1. The minimum atomic E-state index is -0.105. The molecule has 0 atom stereocenters. The molecule has 1 heterocycles. The first-order valence-corrected chi connectivity index (χ1v) is 9.45. The molecule has 0 fully saturated rings. The second kappa shape index (κ2) is 7.84. The van der Waals surface area contributed by atoms with Crippen LogP contribution < -0.4 is 14.2 Å². The van der Waals surface area contributed by atoms with E-state index in [9.17, 15) is 4.79 Å². The Hall–Kier alpha value is -3.53. The zero-order valence-electron chi connectivity index (χ0n) is 16.7. The normalized spacial score (nSPS) is 13.9. The predicted octanol–water partition coefficient (Wildman–Crippen LogP) is 5.51. The van der Waals surface area contributed by atoms with Crippen LogP contribution in [0.4, 0.5) is 0 Å². The summed E-state index contributed by atoms with van der Waals surface area (Å²) in [5.74, 6) is 2.06. The Bertz CT molecular complexity index is 1100. The predicted molar refractivity (Wildman–Crippen MR) is 113 cm³/mol. The Morgan fingerprint density at radius 3 is 2.45 bits per heavy atom. The van der Waals surface area contributed by atoms with E-state index in [4.69, 9.17) is 14.2 Å². The van der Waals surface area contributed by atoms with Crippen LogP contribution in [-0.4, -0.2) is 12.9 Å². The summed E-state index contributed by atoms with van der Waals surface area (Å²) in [6.45, 7) is 4.45. The van der Waals surface area contributed by atoms with Crippen molar-refractivity contribution in [1.29, 1.82) is 0 Å². The van der Waals surface area contributed by atoms with Crippen LogP contribution in [-0.2, 0) is 6.61 Å². The highest BCUT2D eigenvalue weighted by molar-refractivity contribution is 6.14. The van der Waals surface area contributed by atoms with Crippen LogP contribution in [0.15, 0.2) is 66.4 Å². The maximum Gasteiger partial charge on any atom is 0.231 e. The van der Waals surface area contributed by atoms with E-state index >= 15 is 0 Å². The SMILES string of the molecule is COc1cc(/C=C2\Oc3cc(C)c(C)cc3C2=O)ccc1OCc1ccccc1. The molecule has 0 unspecified atom stereocenters. The number of carbonyl (C=O) groups excluding carboxylic acids is 1. The fourth-order valence-corrected chi connectivity index (χ4v) is 3.22. The van der Waals surface area contributed by atoms with Crippen molar-refractivity contribution < 1.29 is 19.0 Å². The van der Waals surface area contributed by atoms with Crippen LogP contribution in [0.3, 0.4) is 0 Å². The van der Waals surface area contributed by atoms with Gasteiger partial charge < -0.3 is 14.2 Å². The van der Waals surface area contributed by atoms with Crippen LogP contribution in [0.25, 0.3) is 6.08 Å². The second-order valence-electron chi connectivity index (χ2n) is 7.06. The van der Waals surface area contributed by atoms with Crippen LogP contribution in [0, 0.1) is 13.8 Å². The lowest BCUT2D eigenvalue weighted by atomic mass is 10.0. The van der Waals surface area contributed by atoms with Crippen molar-refractivity contribution in [3.05, 3.63) is 94.2 Å². The highest BCUT2D eigenvalue weighted by Gasteiger charge is 2.28. The molecule has 0 aromatic heterocycles. The van der Waals surface area contributed by atoms with Crippen molar-refractivity contribution in [1.82, 2.24) is 0 Å². The second-order valence-corrected chi connectivity index (χ2v) is 7.06. The van der Waals surface area contributed by atoms with Gasteiger partial charge in [-0.05, 0) is 66.4 Å². The number of hydrogen-bond donors (Lipinski definition) is 0. The highest BCUT2D eigenvalue weighted by atomic mass is 16.5. The molecule has 0 saturated heterocycles. The first kappa shape index (κ1) is 18.8. The number of benzene rings is 3. The number of ether oxygens (including phenoxy) is 3. The van der Waals surface area contributed by atoms with Crippen molar-refractivity contribution >= 4 is 11.9 Å². The molecule has 4 nitrogen and oxygen atoms in total. The topological polar surface area (TPSA) is 44.8 Å². The summed E-state index contributed by atoms with van der Waals surface area (Å²) in [7, 11) is 1.60. The lowest BCUT2D eigenvalue weighted by Crippen LogP contribution is -1.99. The largest absolute Gasteiger partial charge is 0.493 e. The molecule has 0 N–H and O–H groups in total. The Balaban J connectivity index is 1.56. The third-order valence-electron chi connectivity index (χ3n) is 5.01. The number of allylic oxidation sites excluding steroid dienone is 1. The Labute approximate surface area is 170 Å². The Morgan fingerprint density at radius 1 is 0.931 bits per heavy atom. The van der Waals surface area contributed by atoms with Crippen molar-refractivity contribution in [2.75, 3.05) is 7.11 Å². The molecule has 1 aliphatic rings. The number of methoxy groups -OCH3 is 1. The van der Waals surface area contributed by atoms with Crippen molar-refractivity contribution in [2.24, 2.45) is 0 Å². The van der Waals surface area contributed by atoms with Gasteiger partial charge in [0.1, 0.15) is 12.4 Å². The molecular weight excluding hydrogens is 364 g/mol.